The number of aryl methyl sites for hydroxylation is 1. The topological polar surface area (TPSA) is 39.2 Å². The third-order valence-electron chi connectivity index (χ3n) is 2.36. The highest BCUT2D eigenvalue weighted by Gasteiger charge is 2.10. The van der Waals surface area contributed by atoms with Gasteiger partial charge in [-0.1, -0.05) is 15.9 Å². The van der Waals surface area contributed by atoms with Crippen LogP contribution in [0.2, 0.25) is 0 Å². The molecule has 0 spiro atoms. The van der Waals surface area contributed by atoms with E-state index in [9.17, 15) is 4.79 Å². The molecule has 0 saturated carbocycles. The minimum absolute atomic E-state index is 0.0132. The van der Waals surface area contributed by atoms with E-state index < -0.39 is 0 Å². The quantitative estimate of drug-likeness (QED) is 0.798. The predicted octanol–water partition coefficient (Wildman–Crippen LogP) is 4.00. The van der Waals surface area contributed by atoms with E-state index in [1.54, 1.807) is 23.5 Å². The molecule has 2 rings (SSSR count). The second-order valence-electron chi connectivity index (χ2n) is 3.84. The van der Waals surface area contributed by atoms with E-state index in [1.807, 2.05) is 18.4 Å². The van der Waals surface area contributed by atoms with Gasteiger partial charge in [0.15, 0.2) is 5.78 Å². The van der Waals surface area contributed by atoms with Crippen molar-refractivity contribution in [3.05, 3.63) is 44.3 Å². The number of Topliss-reactive ketones (excluding diaryl/α,β-unsaturated/α-hetero) is 1. The molecular weight excluding hydrogens is 314 g/mol. The van der Waals surface area contributed by atoms with Crippen LogP contribution in [0.5, 0.6) is 5.75 Å². The Morgan fingerprint density at radius 2 is 2.28 bits per heavy atom. The number of aromatic nitrogens is 1. The molecule has 5 heteroatoms. The average molecular weight is 326 g/mol. The molecule has 1 heterocycles. The number of ether oxygens (including phenoxy) is 1. The number of carbonyl (C=O) groups is 1. The van der Waals surface area contributed by atoms with Crippen LogP contribution >= 0.6 is 27.3 Å². The molecule has 0 amide bonds. The summed E-state index contributed by atoms with van der Waals surface area (Å²) in [4.78, 5) is 15.8. The zero-order chi connectivity index (χ0) is 13.1. The molecule has 3 nitrogen and oxygen atoms in total. The van der Waals surface area contributed by atoms with Crippen molar-refractivity contribution in [2.45, 2.75) is 20.5 Å². The van der Waals surface area contributed by atoms with Crippen molar-refractivity contribution in [1.29, 1.82) is 0 Å². The number of ketones is 1. The fourth-order valence-electron chi connectivity index (χ4n) is 1.53. The zero-order valence-corrected chi connectivity index (χ0v) is 12.5. The van der Waals surface area contributed by atoms with Gasteiger partial charge >= 0.3 is 0 Å². The molecule has 0 unspecified atom stereocenters. The fraction of sp³-hybridized carbons (Fsp3) is 0.231. The number of hydrogen-bond acceptors (Lipinski definition) is 4. The lowest BCUT2D eigenvalue weighted by Gasteiger charge is -2.08. The van der Waals surface area contributed by atoms with Gasteiger partial charge in [0.05, 0.1) is 16.3 Å². The summed E-state index contributed by atoms with van der Waals surface area (Å²) in [5, 5.41) is 2.97. The van der Waals surface area contributed by atoms with Gasteiger partial charge in [-0.05, 0) is 32.0 Å². The number of carbonyl (C=O) groups excluding carboxylic acids is 1. The summed E-state index contributed by atoms with van der Waals surface area (Å²) >= 11 is 4.93. The number of halogens is 1. The summed E-state index contributed by atoms with van der Waals surface area (Å²) in [5.41, 5.74) is 1.46. The Morgan fingerprint density at radius 3 is 2.89 bits per heavy atom. The molecule has 94 valence electrons. The van der Waals surface area contributed by atoms with Crippen LogP contribution in [0.4, 0.5) is 0 Å². The Morgan fingerprint density at radius 1 is 1.50 bits per heavy atom. The van der Waals surface area contributed by atoms with Gasteiger partial charge in [0, 0.05) is 9.85 Å². The molecule has 0 aliphatic heterocycles. The molecule has 18 heavy (non-hydrogen) atoms. The maximum atomic E-state index is 11.5. The van der Waals surface area contributed by atoms with Crippen molar-refractivity contribution in [3.8, 4) is 5.75 Å². The summed E-state index contributed by atoms with van der Waals surface area (Å²) in [6.45, 7) is 3.86. The van der Waals surface area contributed by atoms with Gasteiger partial charge in [-0.2, -0.15) is 0 Å². The van der Waals surface area contributed by atoms with E-state index in [4.69, 9.17) is 4.74 Å². The summed E-state index contributed by atoms with van der Waals surface area (Å²) in [6.07, 6.45) is 0. The molecule has 0 aliphatic rings. The fourth-order valence-corrected chi connectivity index (χ4v) is 2.49. The first-order valence-electron chi connectivity index (χ1n) is 5.40. The predicted molar refractivity (Wildman–Crippen MR) is 75.3 cm³/mol. The van der Waals surface area contributed by atoms with Crippen molar-refractivity contribution in [2.75, 3.05) is 0 Å². The second kappa shape index (κ2) is 5.63. The number of rotatable bonds is 4. The summed E-state index contributed by atoms with van der Waals surface area (Å²) in [5.74, 6) is 0.581. The average Bonchev–Trinajstić information content (AvgIpc) is 2.73. The van der Waals surface area contributed by atoms with Crippen LogP contribution in [-0.2, 0) is 6.61 Å². The standard InChI is InChI=1S/C13H12BrNO2S/c1-8(16)12-5-10(14)3-4-13(12)17-6-11-7-18-9(2)15-11/h3-5,7H,6H2,1-2H3. The Kier molecular flexibility index (Phi) is 4.14. The smallest absolute Gasteiger partial charge is 0.163 e. The monoisotopic (exact) mass is 325 g/mol. The van der Waals surface area contributed by atoms with Gasteiger partial charge in [-0.25, -0.2) is 4.98 Å². The summed E-state index contributed by atoms with van der Waals surface area (Å²) in [7, 11) is 0. The number of nitrogens with zero attached hydrogens (tertiary/aromatic N) is 1. The van der Waals surface area contributed by atoms with Crippen LogP contribution in [0.1, 0.15) is 28.0 Å². The zero-order valence-electron chi connectivity index (χ0n) is 10.1. The van der Waals surface area contributed by atoms with Crippen LogP contribution in [0.15, 0.2) is 28.1 Å². The first-order valence-corrected chi connectivity index (χ1v) is 7.08. The Balaban J connectivity index is 2.16. The molecule has 0 atom stereocenters. The third kappa shape index (κ3) is 3.17. The van der Waals surface area contributed by atoms with Gasteiger partial charge in [0.2, 0.25) is 0 Å². The lowest BCUT2D eigenvalue weighted by molar-refractivity contribution is 0.101. The normalized spacial score (nSPS) is 10.4. The van der Waals surface area contributed by atoms with E-state index >= 15 is 0 Å². The van der Waals surface area contributed by atoms with Crippen molar-refractivity contribution in [3.63, 3.8) is 0 Å². The third-order valence-corrected chi connectivity index (χ3v) is 3.68. The van der Waals surface area contributed by atoms with Crippen molar-refractivity contribution in [1.82, 2.24) is 4.98 Å². The van der Waals surface area contributed by atoms with E-state index in [1.165, 1.54) is 6.92 Å². The minimum atomic E-state index is -0.0132. The molecule has 0 bridgehead atoms. The van der Waals surface area contributed by atoms with E-state index in [-0.39, 0.29) is 5.78 Å². The Bertz CT molecular complexity index is 580. The maximum absolute atomic E-state index is 11.5. The molecular formula is C13H12BrNO2S. The van der Waals surface area contributed by atoms with Gasteiger partial charge in [-0.15, -0.1) is 11.3 Å². The molecule has 2 aromatic rings. The Hall–Kier alpha value is -1.20. The van der Waals surface area contributed by atoms with Crippen LogP contribution < -0.4 is 4.74 Å². The molecule has 0 radical (unpaired) electrons. The lowest BCUT2D eigenvalue weighted by Crippen LogP contribution is -2.02. The number of hydrogen-bond donors (Lipinski definition) is 0. The van der Waals surface area contributed by atoms with E-state index in [2.05, 4.69) is 20.9 Å². The highest BCUT2D eigenvalue weighted by molar-refractivity contribution is 9.10. The largest absolute Gasteiger partial charge is 0.487 e. The first kappa shape index (κ1) is 13.2. The Labute approximate surface area is 118 Å². The van der Waals surface area contributed by atoms with Gasteiger partial charge in [-0.3, -0.25) is 4.79 Å². The van der Waals surface area contributed by atoms with E-state index in [0.717, 1.165) is 15.2 Å². The molecule has 1 aromatic heterocycles. The molecule has 0 saturated heterocycles. The van der Waals surface area contributed by atoms with Crippen molar-refractivity contribution < 1.29 is 9.53 Å². The maximum Gasteiger partial charge on any atom is 0.163 e. The van der Waals surface area contributed by atoms with Crippen LogP contribution in [-0.4, -0.2) is 10.8 Å². The highest BCUT2D eigenvalue weighted by Crippen LogP contribution is 2.24. The van der Waals surface area contributed by atoms with Crippen molar-refractivity contribution in [2.24, 2.45) is 0 Å². The molecule has 0 fully saturated rings. The van der Waals surface area contributed by atoms with Crippen LogP contribution in [0.25, 0.3) is 0 Å². The summed E-state index contributed by atoms with van der Waals surface area (Å²) in [6, 6.07) is 5.41. The molecule has 0 N–H and O–H groups in total. The van der Waals surface area contributed by atoms with Crippen molar-refractivity contribution >= 4 is 33.0 Å². The van der Waals surface area contributed by atoms with Gasteiger partial charge in [0.1, 0.15) is 12.4 Å². The van der Waals surface area contributed by atoms with E-state index in [0.29, 0.717) is 17.9 Å². The number of thiazole rings is 1. The first-order chi connectivity index (χ1) is 8.56. The van der Waals surface area contributed by atoms with Crippen LogP contribution in [0, 0.1) is 6.92 Å². The molecule has 1 aromatic carbocycles. The second-order valence-corrected chi connectivity index (χ2v) is 5.82. The van der Waals surface area contributed by atoms with Gasteiger partial charge < -0.3 is 4.74 Å². The molecule has 0 aliphatic carbocycles. The van der Waals surface area contributed by atoms with Gasteiger partial charge in [0.25, 0.3) is 0 Å². The highest BCUT2D eigenvalue weighted by atomic mass is 79.9. The van der Waals surface area contributed by atoms with Crippen LogP contribution in [0.3, 0.4) is 0 Å². The minimum Gasteiger partial charge on any atom is -0.487 e. The lowest BCUT2D eigenvalue weighted by atomic mass is 10.1. The number of benzene rings is 1. The summed E-state index contributed by atoms with van der Waals surface area (Å²) < 4.78 is 6.52. The SMILES string of the molecule is CC(=O)c1cc(Br)ccc1OCc1csc(C)n1.